The predicted molar refractivity (Wildman–Crippen MR) is 81.9 cm³/mol. The second-order valence-corrected chi connectivity index (χ2v) is 6.44. The number of nitrogens with one attached hydrogen (secondary N) is 2. The van der Waals surface area contributed by atoms with Gasteiger partial charge in [0.2, 0.25) is 5.91 Å². The number of halogens is 4. The Labute approximate surface area is 136 Å². The largest absolute Gasteiger partial charge is 0.392 e. The number of hydrogen-bond acceptors (Lipinski definition) is 2. The van der Waals surface area contributed by atoms with Crippen molar-refractivity contribution in [2.45, 2.75) is 57.7 Å². The molecule has 2 aliphatic rings. The number of piperidine rings is 1. The van der Waals surface area contributed by atoms with Crippen LogP contribution in [0, 0.1) is 17.8 Å². The van der Waals surface area contributed by atoms with Crippen LogP contribution in [0.4, 0.5) is 13.2 Å². The molecule has 0 spiro atoms. The SMILES string of the molecule is CC(NC(=O)C1CCCCC1C(F)(F)F)C1CCCNC1.Cl. The van der Waals surface area contributed by atoms with Crippen molar-refractivity contribution >= 4 is 18.3 Å². The Morgan fingerprint density at radius 1 is 1.18 bits per heavy atom. The van der Waals surface area contributed by atoms with E-state index < -0.39 is 23.9 Å². The summed E-state index contributed by atoms with van der Waals surface area (Å²) in [5.74, 6) is -2.47. The Bertz CT molecular complexity index is 359. The summed E-state index contributed by atoms with van der Waals surface area (Å²) in [7, 11) is 0. The van der Waals surface area contributed by atoms with E-state index >= 15 is 0 Å². The van der Waals surface area contributed by atoms with Gasteiger partial charge < -0.3 is 10.6 Å². The second-order valence-electron chi connectivity index (χ2n) is 6.44. The van der Waals surface area contributed by atoms with Gasteiger partial charge in [-0.25, -0.2) is 0 Å². The summed E-state index contributed by atoms with van der Waals surface area (Å²) >= 11 is 0. The number of amides is 1. The van der Waals surface area contributed by atoms with Crippen molar-refractivity contribution in [3.05, 3.63) is 0 Å². The lowest BCUT2D eigenvalue weighted by Crippen LogP contribution is -2.49. The maximum atomic E-state index is 13.1. The topological polar surface area (TPSA) is 41.1 Å². The maximum Gasteiger partial charge on any atom is 0.392 e. The van der Waals surface area contributed by atoms with E-state index in [1.807, 2.05) is 6.92 Å². The van der Waals surface area contributed by atoms with Crippen LogP contribution in [0.2, 0.25) is 0 Å². The second kappa shape index (κ2) is 8.39. The van der Waals surface area contributed by atoms with Crippen molar-refractivity contribution in [2.75, 3.05) is 13.1 Å². The molecule has 2 fully saturated rings. The van der Waals surface area contributed by atoms with E-state index in [1.54, 1.807) is 0 Å². The Morgan fingerprint density at radius 3 is 2.45 bits per heavy atom. The fourth-order valence-electron chi connectivity index (χ4n) is 3.59. The molecule has 0 radical (unpaired) electrons. The standard InChI is InChI=1S/C15H25F3N2O.ClH/c1-10(11-5-4-8-19-9-11)20-14(21)12-6-2-3-7-13(12)15(16,17)18;/h10-13,19H,2-9H2,1H3,(H,20,21);1H. The van der Waals surface area contributed by atoms with Gasteiger partial charge in [0.1, 0.15) is 0 Å². The van der Waals surface area contributed by atoms with E-state index in [4.69, 9.17) is 0 Å². The van der Waals surface area contributed by atoms with Crippen LogP contribution >= 0.6 is 12.4 Å². The number of carbonyl (C=O) groups is 1. The predicted octanol–water partition coefficient (Wildman–Crippen LogP) is 3.28. The van der Waals surface area contributed by atoms with Crippen molar-refractivity contribution < 1.29 is 18.0 Å². The zero-order valence-electron chi connectivity index (χ0n) is 12.9. The first-order valence-corrected chi connectivity index (χ1v) is 7.97. The Morgan fingerprint density at radius 2 is 1.86 bits per heavy atom. The Kier molecular flexibility index (Phi) is 7.46. The quantitative estimate of drug-likeness (QED) is 0.826. The average Bonchev–Trinajstić information content (AvgIpc) is 2.47. The number of carbonyl (C=O) groups excluding carboxylic acids is 1. The summed E-state index contributed by atoms with van der Waals surface area (Å²) < 4.78 is 39.2. The monoisotopic (exact) mass is 342 g/mol. The van der Waals surface area contributed by atoms with Gasteiger partial charge in [-0.05, 0) is 51.6 Å². The number of rotatable bonds is 3. The van der Waals surface area contributed by atoms with Crippen molar-refractivity contribution in [3.8, 4) is 0 Å². The van der Waals surface area contributed by atoms with Crippen molar-refractivity contribution in [2.24, 2.45) is 17.8 Å². The van der Waals surface area contributed by atoms with Gasteiger partial charge in [0, 0.05) is 12.0 Å². The van der Waals surface area contributed by atoms with Gasteiger partial charge >= 0.3 is 6.18 Å². The molecular weight excluding hydrogens is 317 g/mol. The van der Waals surface area contributed by atoms with Crippen LogP contribution in [-0.4, -0.2) is 31.2 Å². The molecule has 0 bridgehead atoms. The first kappa shape index (κ1) is 19.6. The molecule has 0 aromatic rings. The van der Waals surface area contributed by atoms with Crippen LogP contribution in [0.15, 0.2) is 0 Å². The molecule has 2 rings (SSSR count). The lowest BCUT2D eigenvalue weighted by atomic mass is 9.78. The van der Waals surface area contributed by atoms with Crippen LogP contribution < -0.4 is 10.6 Å². The highest BCUT2D eigenvalue weighted by molar-refractivity contribution is 5.85. The van der Waals surface area contributed by atoms with Crippen LogP contribution in [0.1, 0.15) is 45.4 Å². The summed E-state index contributed by atoms with van der Waals surface area (Å²) in [5.41, 5.74) is 0. The molecular formula is C15H26ClF3N2O. The maximum absolute atomic E-state index is 13.1. The molecule has 1 heterocycles. The Balaban J connectivity index is 0.00000242. The van der Waals surface area contributed by atoms with Gasteiger partial charge in [0.15, 0.2) is 0 Å². The first-order valence-electron chi connectivity index (χ1n) is 7.97. The normalized spacial score (nSPS) is 31.0. The summed E-state index contributed by atoms with van der Waals surface area (Å²) in [6.45, 7) is 3.71. The molecule has 1 aliphatic carbocycles. The van der Waals surface area contributed by atoms with Crippen LogP contribution in [-0.2, 0) is 4.79 Å². The van der Waals surface area contributed by atoms with Crippen LogP contribution in [0.25, 0.3) is 0 Å². The van der Waals surface area contributed by atoms with E-state index in [2.05, 4.69) is 10.6 Å². The zero-order chi connectivity index (χ0) is 15.5. The molecule has 1 amide bonds. The van der Waals surface area contributed by atoms with E-state index in [1.165, 1.54) is 0 Å². The number of hydrogen-bond donors (Lipinski definition) is 2. The molecule has 22 heavy (non-hydrogen) atoms. The highest BCUT2D eigenvalue weighted by Crippen LogP contribution is 2.41. The molecule has 7 heteroatoms. The van der Waals surface area contributed by atoms with Crippen LogP contribution in [0.3, 0.4) is 0 Å². The summed E-state index contributed by atoms with van der Waals surface area (Å²) in [4.78, 5) is 12.3. The summed E-state index contributed by atoms with van der Waals surface area (Å²) in [6.07, 6.45) is -0.480. The first-order chi connectivity index (χ1) is 9.89. The molecule has 4 atom stereocenters. The van der Waals surface area contributed by atoms with E-state index in [9.17, 15) is 18.0 Å². The van der Waals surface area contributed by atoms with Gasteiger partial charge in [-0.1, -0.05) is 12.8 Å². The zero-order valence-corrected chi connectivity index (χ0v) is 13.7. The van der Waals surface area contributed by atoms with E-state index in [0.717, 1.165) is 25.9 Å². The molecule has 0 aromatic heterocycles. The average molecular weight is 343 g/mol. The number of alkyl halides is 3. The third-order valence-electron chi connectivity index (χ3n) is 4.94. The third kappa shape index (κ3) is 5.01. The lowest BCUT2D eigenvalue weighted by molar-refractivity contribution is -0.198. The molecule has 3 nitrogen and oxygen atoms in total. The highest BCUT2D eigenvalue weighted by Gasteiger charge is 2.48. The molecule has 4 unspecified atom stereocenters. The third-order valence-corrected chi connectivity index (χ3v) is 4.94. The summed E-state index contributed by atoms with van der Waals surface area (Å²) in [6, 6.07) is -0.0684. The van der Waals surface area contributed by atoms with Crippen molar-refractivity contribution in [3.63, 3.8) is 0 Å². The summed E-state index contributed by atoms with van der Waals surface area (Å²) in [5, 5.41) is 6.11. The molecule has 1 saturated heterocycles. The molecule has 2 N–H and O–H groups in total. The lowest BCUT2D eigenvalue weighted by Gasteiger charge is -2.34. The minimum absolute atomic E-state index is 0. The Hall–Kier alpha value is -0.490. The van der Waals surface area contributed by atoms with Crippen molar-refractivity contribution in [1.82, 2.24) is 10.6 Å². The van der Waals surface area contributed by atoms with E-state index in [0.29, 0.717) is 25.2 Å². The van der Waals surface area contributed by atoms with Crippen molar-refractivity contribution in [1.29, 1.82) is 0 Å². The van der Waals surface area contributed by atoms with Gasteiger partial charge in [-0.2, -0.15) is 13.2 Å². The highest BCUT2D eigenvalue weighted by atomic mass is 35.5. The van der Waals surface area contributed by atoms with Gasteiger partial charge in [-0.15, -0.1) is 12.4 Å². The molecule has 1 aliphatic heterocycles. The molecule has 130 valence electrons. The van der Waals surface area contributed by atoms with Gasteiger partial charge in [0.25, 0.3) is 0 Å². The fourth-order valence-corrected chi connectivity index (χ4v) is 3.59. The molecule has 0 aromatic carbocycles. The van der Waals surface area contributed by atoms with E-state index in [-0.39, 0.29) is 24.9 Å². The minimum Gasteiger partial charge on any atom is -0.353 e. The smallest absolute Gasteiger partial charge is 0.353 e. The van der Waals surface area contributed by atoms with Gasteiger partial charge in [0.05, 0.1) is 5.92 Å². The van der Waals surface area contributed by atoms with Gasteiger partial charge in [-0.3, -0.25) is 4.79 Å². The molecule has 1 saturated carbocycles. The fraction of sp³-hybridized carbons (Fsp3) is 0.933. The van der Waals surface area contributed by atoms with Crippen LogP contribution in [0.5, 0.6) is 0 Å². The minimum atomic E-state index is -4.27.